The number of aromatic nitrogens is 1. The molecule has 0 fully saturated rings. The van der Waals surface area contributed by atoms with Crippen molar-refractivity contribution in [2.75, 3.05) is 0 Å². The summed E-state index contributed by atoms with van der Waals surface area (Å²) in [5, 5.41) is 10.2. The van der Waals surface area contributed by atoms with Crippen molar-refractivity contribution < 1.29 is 0 Å². The number of nitrogens with zero attached hydrogens (tertiary/aromatic N) is 3. The number of aliphatic imine (C=N–C) groups is 2. The van der Waals surface area contributed by atoms with E-state index in [0.29, 0.717) is 0 Å². The number of fused-ring (bicyclic) bond motifs is 13. The fraction of sp³-hybridized carbons (Fsp3) is 0.0794. The minimum absolute atomic E-state index is 0.0388. The Morgan fingerprint density at radius 1 is 0.507 bits per heavy atom. The lowest BCUT2D eigenvalue weighted by Gasteiger charge is -2.38. The molecule has 4 heteroatoms. The third-order valence-electron chi connectivity index (χ3n) is 14.7. The molecule has 3 heterocycles. The van der Waals surface area contributed by atoms with Crippen molar-refractivity contribution >= 4 is 86.4 Å². The predicted octanol–water partition coefficient (Wildman–Crippen LogP) is 16.4. The highest BCUT2D eigenvalue weighted by atomic mass is 32.1. The highest BCUT2D eigenvalue weighted by Gasteiger charge is 2.39. The summed E-state index contributed by atoms with van der Waals surface area (Å²) in [5.74, 6) is 0.974. The number of para-hydroxylation sites is 2. The van der Waals surface area contributed by atoms with Crippen molar-refractivity contribution in [2.45, 2.75) is 25.3 Å². The van der Waals surface area contributed by atoms with Gasteiger partial charge >= 0.3 is 0 Å². The van der Waals surface area contributed by atoms with E-state index in [2.05, 4.69) is 224 Å². The molecule has 3 nitrogen and oxygen atoms in total. The quantitative estimate of drug-likeness (QED) is 0.165. The van der Waals surface area contributed by atoms with Crippen LogP contribution in [0.2, 0.25) is 0 Å². The standard InChI is InChI=1S/C63H43N3S/c1-38-60(64-63(40-17-4-2-5-18-40)65-61(38)54-37-43-19-9-11-23-47(43)59-50-25-13-15-27-57(50)67-62(54)59)53-36-44-29-28-41(34-51(44)58-46-22-10-8-16-39(46)30-32-49(53)58)42-31-33-56-52(35-42)48-24-12-14-26-55(48)66(56)45-20-6-3-7-21-45/h2-35,37-38,53,60H,36H2,1H3. The van der Waals surface area contributed by atoms with Crippen molar-refractivity contribution in [3.05, 3.63) is 235 Å². The smallest absolute Gasteiger partial charge is 0.155 e. The van der Waals surface area contributed by atoms with Crippen molar-refractivity contribution in [1.29, 1.82) is 0 Å². The largest absolute Gasteiger partial charge is 0.309 e. The third kappa shape index (κ3) is 5.96. The molecule has 12 aromatic rings. The number of thiophene rings is 1. The molecule has 1 aliphatic carbocycles. The summed E-state index contributed by atoms with van der Waals surface area (Å²) in [4.78, 5) is 11.3. The van der Waals surface area contributed by atoms with Gasteiger partial charge in [-0.25, -0.2) is 4.99 Å². The molecule has 0 saturated heterocycles. The summed E-state index contributed by atoms with van der Waals surface area (Å²) in [6, 6.07) is 78.2. The first-order chi connectivity index (χ1) is 33.1. The maximum absolute atomic E-state index is 5.74. The molecule has 1 aliphatic heterocycles. The van der Waals surface area contributed by atoms with E-state index in [1.165, 1.54) is 108 Å². The molecular formula is C63H43N3S. The van der Waals surface area contributed by atoms with Gasteiger partial charge < -0.3 is 4.57 Å². The van der Waals surface area contributed by atoms with Gasteiger partial charge in [0, 0.05) is 59.6 Å². The van der Waals surface area contributed by atoms with Crippen molar-refractivity contribution in [2.24, 2.45) is 15.9 Å². The predicted molar refractivity (Wildman–Crippen MR) is 285 cm³/mol. The Kier molecular flexibility index (Phi) is 8.62. The molecule has 0 saturated carbocycles. The Morgan fingerprint density at radius 3 is 2.03 bits per heavy atom. The van der Waals surface area contributed by atoms with Crippen LogP contribution in [0.5, 0.6) is 0 Å². The van der Waals surface area contributed by atoms with Crippen LogP contribution in [0.25, 0.3) is 91.5 Å². The lowest BCUT2D eigenvalue weighted by molar-refractivity contribution is 0.458. The van der Waals surface area contributed by atoms with Gasteiger partial charge in [-0.2, -0.15) is 0 Å². The van der Waals surface area contributed by atoms with Crippen LogP contribution in [0.4, 0.5) is 0 Å². The highest BCUT2D eigenvalue weighted by molar-refractivity contribution is 7.26. The van der Waals surface area contributed by atoms with Crippen molar-refractivity contribution in [3.8, 4) is 27.9 Å². The molecule has 0 spiro atoms. The minimum atomic E-state index is -0.0596. The van der Waals surface area contributed by atoms with Crippen LogP contribution in [0, 0.1) is 5.92 Å². The Hall–Kier alpha value is -7.92. The topological polar surface area (TPSA) is 29.6 Å². The molecule has 2 aromatic heterocycles. The minimum Gasteiger partial charge on any atom is -0.309 e. The second kappa shape index (κ2) is 15.1. The lowest BCUT2D eigenvalue weighted by Crippen LogP contribution is -2.37. The first-order valence-corrected chi connectivity index (χ1v) is 24.3. The molecule has 3 unspecified atom stereocenters. The van der Waals surface area contributed by atoms with Crippen molar-refractivity contribution in [3.63, 3.8) is 0 Å². The van der Waals surface area contributed by atoms with Gasteiger partial charge in [0.05, 0.1) is 22.8 Å². The molecule has 14 rings (SSSR count). The van der Waals surface area contributed by atoms with Gasteiger partial charge in [-0.1, -0.05) is 171 Å². The molecule has 2 aliphatic rings. The SMILES string of the molecule is CC1C(c2cc3ccccc3c3c2sc2ccccc23)=NC(c2ccccc2)=NC1C1Cc2ccc(-c3ccc4c(c3)c3ccccc3n4-c3ccccc3)cc2-c2c1ccc1ccccc21. The van der Waals surface area contributed by atoms with Gasteiger partial charge in [0.1, 0.15) is 0 Å². The zero-order valence-electron chi connectivity index (χ0n) is 36.9. The summed E-state index contributed by atoms with van der Waals surface area (Å²) in [5.41, 5.74) is 14.8. The first-order valence-electron chi connectivity index (χ1n) is 23.4. The van der Waals surface area contributed by atoms with Crippen LogP contribution in [-0.4, -0.2) is 22.2 Å². The molecule has 3 atom stereocenters. The molecule has 0 N–H and O–H groups in total. The maximum Gasteiger partial charge on any atom is 0.155 e. The van der Waals surface area contributed by atoms with Gasteiger partial charge in [0.2, 0.25) is 0 Å². The average molecular weight is 874 g/mol. The summed E-state index contributed by atoms with van der Waals surface area (Å²) in [7, 11) is 0. The number of amidine groups is 1. The van der Waals surface area contributed by atoms with E-state index < -0.39 is 0 Å². The average Bonchev–Trinajstić information content (AvgIpc) is 3.95. The molecule has 10 aromatic carbocycles. The Bertz CT molecular complexity index is 4040. The number of benzene rings is 10. The molecule has 0 amide bonds. The van der Waals surface area contributed by atoms with Gasteiger partial charge in [-0.3, -0.25) is 4.99 Å². The van der Waals surface area contributed by atoms with Crippen LogP contribution in [0.3, 0.4) is 0 Å². The summed E-state index contributed by atoms with van der Waals surface area (Å²) >= 11 is 1.89. The van der Waals surface area contributed by atoms with Crippen LogP contribution >= 0.6 is 11.3 Å². The molecule has 0 radical (unpaired) electrons. The second-order valence-corrected chi connectivity index (χ2v) is 19.4. The van der Waals surface area contributed by atoms with Crippen LogP contribution in [0.1, 0.15) is 35.1 Å². The Labute approximate surface area is 392 Å². The Balaban J connectivity index is 0.935. The van der Waals surface area contributed by atoms with Crippen LogP contribution in [0.15, 0.2) is 222 Å². The van der Waals surface area contributed by atoms with E-state index in [-0.39, 0.29) is 17.9 Å². The molecular weight excluding hydrogens is 831 g/mol. The summed E-state index contributed by atoms with van der Waals surface area (Å²) < 4.78 is 4.99. The van der Waals surface area contributed by atoms with Gasteiger partial charge in [0.15, 0.2) is 5.84 Å². The van der Waals surface area contributed by atoms with Gasteiger partial charge in [-0.15, -0.1) is 11.3 Å². The lowest BCUT2D eigenvalue weighted by atomic mass is 9.70. The van der Waals surface area contributed by atoms with E-state index >= 15 is 0 Å². The summed E-state index contributed by atoms with van der Waals surface area (Å²) in [6.07, 6.45) is 0.883. The van der Waals surface area contributed by atoms with E-state index in [1.54, 1.807) is 0 Å². The zero-order chi connectivity index (χ0) is 44.2. The molecule has 0 bridgehead atoms. The van der Waals surface area contributed by atoms with Gasteiger partial charge in [-0.05, 0) is 110 Å². The summed E-state index contributed by atoms with van der Waals surface area (Å²) in [6.45, 7) is 2.38. The Morgan fingerprint density at radius 2 is 1.18 bits per heavy atom. The van der Waals surface area contributed by atoms with E-state index in [0.717, 1.165) is 23.5 Å². The highest BCUT2D eigenvalue weighted by Crippen LogP contribution is 2.50. The molecule has 67 heavy (non-hydrogen) atoms. The van der Waals surface area contributed by atoms with Gasteiger partial charge in [0.25, 0.3) is 0 Å². The number of hydrogen-bond donors (Lipinski definition) is 0. The third-order valence-corrected chi connectivity index (χ3v) is 15.9. The monoisotopic (exact) mass is 873 g/mol. The number of rotatable bonds is 5. The van der Waals surface area contributed by atoms with E-state index in [4.69, 9.17) is 9.98 Å². The van der Waals surface area contributed by atoms with Crippen LogP contribution in [-0.2, 0) is 6.42 Å². The van der Waals surface area contributed by atoms with Crippen LogP contribution < -0.4 is 0 Å². The number of hydrogen-bond acceptors (Lipinski definition) is 3. The fourth-order valence-corrected chi connectivity index (χ4v) is 12.9. The normalized spacial score (nSPS) is 17.0. The van der Waals surface area contributed by atoms with E-state index in [1.807, 2.05) is 11.3 Å². The first kappa shape index (κ1) is 38.4. The van der Waals surface area contributed by atoms with Crippen molar-refractivity contribution in [1.82, 2.24) is 4.57 Å². The maximum atomic E-state index is 5.74. The fourth-order valence-electron chi connectivity index (χ4n) is 11.6. The molecule has 316 valence electrons. The second-order valence-electron chi connectivity index (χ2n) is 18.4. The van der Waals surface area contributed by atoms with E-state index in [9.17, 15) is 0 Å². The zero-order valence-corrected chi connectivity index (χ0v) is 37.7.